The molecule has 1 aliphatic heterocycles. The quantitative estimate of drug-likeness (QED) is 0.559. The summed E-state index contributed by atoms with van der Waals surface area (Å²) in [5.74, 6) is -0.932. The molecule has 0 spiro atoms. The highest BCUT2D eigenvalue weighted by atomic mass is 35.5. The van der Waals surface area contributed by atoms with Gasteiger partial charge in [-0.2, -0.15) is 22.0 Å². The van der Waals surface area contributed by atoms with E-state index in [4.69, 9.17) is 16.0 Å². The molecule has 2 aliphatic carbocycles. The molecule has 35 heavy (non-hydrogen) atoms. The van der Waals surface area contributed by atoms with Crippen molar-refractivity contribution in [3.8, 4) is 0 Å². The maximum atomic E-state index is 12.7. The van der Waals surface area contributed by atoms with E-state index in [1.165, 1.54) is 4.31 Å². The molecular weight excluding hydrogens is 518 g/mol. The second kappa shape index (κ2) is 9.04. The van der Waals surface area contributed by atoms with E-state index in [0.717, 1.165) is 88.3 Å². The number of hydrogen-bond acceptors (Lipinski definition) is 8. The Morgan fingerprint density at radius 2 is 1.49 bits per heavy atom. The number of fused-ring (bicyclic) bond motifs is 2. The van der Waals surface area contributed by atoms with Gasteiger partial charge >= 0.3 is 10.2 Å². The Bertz CT molecular complexity index is 1360. The van der Waals surface area contributed by atoms with Gasteiger partial charge < -0.3 is 9.73 Å². The van der Waals surface area contributed by atoms with Gasteiger partial charge in [0.05, 0.1) is 6.26 Å². The molecule has 2 N–H and O–H groups in total. The molecular formula is C21H26ClN5O6S2. The molecule has 1 amide bonds. The van der Waals surface area contributed by atoms with Gasteiger partial charge in [0.1, 0.15) is 6.26 Å². The zero-order chi connectivity index (χ0) is 25.0. The van der Waals surface area contributed by atoms with E-state index in [-0.39, 0.29) is 37.9 Å². The van der Waals surface area contributed by atoms with Gasteiger partial charge in [0.25, 0.3) is 11.9 Å². The number of benzene rings is 1. The van der Waals surface area contributed by atoms with Crippen molar-refractivity contribution in [2.24, 2.45) is 0 Å². The van der Waals surface area contributed by atoms with Crippen LogP contribution in [0.1, 0.15) is 45.6 Å². The fourth-order valence-electron chi connectivity index (χ4n) is 5.06. The zero-order valence-corrected chi connectivity index (χ0v) is 21.5. The van der Waals surface area contributed by atoms with E-state index >= 15 is 0 Å². The molecule has 2 heterocycles. The van der Waals surface area contributed by atoms with Gasteiger partial charge in [-0.1, -0.05) is 11.6 Å². The lowest BCUT2D eigenvalue weighted by atomic mass is 9.98. The molecule has 1 fully saturated rings. The second-order valence-electron chi connectivity index (χ2n) is 8.97. The number of nitrogens with one attached hydrogen (secondary N) is 2. The average molecular weight is 544 g/mol. The van der Waals surface area contributed by atoms with E-state index in [0.29, 0.717) is 0 Å². The van der Waals surface area contributed by atoms with Crippen molar-refractivity contribution in [3.05, 3.63) is 39.2 Å². The molecule has 0 radical (unpaired) electrons. The van der Waals surface area contributed by atoms with Crippen molar-refractivity contribution in [3.63, 3.8) is 0 Å². The second-order valence-corrected chi connectivity index (χ2v) is 13.0. The molecule has 14 heteroatoms. The van der Waals surface area contributed by atoms with Crippen LogP contribution in [0.3, 0.4) is 0 Å². The number of hydrogen-bond donors (Lipinski definition) is 2. The van der Waals surface area contributed by atoms with Gasteiger partial charge in [-0.15, -0.1) is 0 Å². The number of amides is 1. The van der Waals surface area contributed by atoms with Crippen LogP contribution in [-0.2, 0) is 45.9 Å². The smallest absolute Gasteiger partial charge is 0.304 e. The highest BCUT2D eigenvalue weighted by molar-refractivity contribution is 7.88. The number of nitrogens with zero attached hydrogens (tertiary/aromatic N) is 3. The normalized spacial score (nSPS) is 18.9. The SMILES string of the molecule is CS(=O)(=O)N1CCN(S(=O)(=O)NC(=O)c2coc(Nc3c4c(c(Cl)c5c3CCC5)CCC4)n2)CC1. The van der Waals surface area contributed by atoms with Crippen LogP contribution in [-0.4, -0.2) is 68.8 Å². The lowest BCUT2D eigenvalue weighted by Gasteiger charge is -2.32. The van der Waals surface area contributed by atoms with Crippen LogP contribution >= 0.6 is 11.6 Å². The van der Waals surface area contributed by atoms with Crippen molar-refractivity contribution in [1.29, 1.82) is 0 Å². The van der Waals surface area contributed by atoms with Crippen molar-refractivity contribution < 1.29 is 26.0 Å². The highest BCUT2D eigenvalue weighted by Gasteiger charge is 2.33. The minimum atomic E-state index is -4.17. The first kappa shape index (κ1) is 24.5. The van der Waals surface area contributed by atoms with Gasteiger partial charge in [0.2, 0.25) is 10.0 Å². The lowest BCUT2D eigenvalue weighted by molar-refractivity contribution is 0.0973. The summed E-state index contributed by atoms with van der Waals surface area (Å²) in [7, 11) is -7.58. The van der Waals surface area contributed by atoms with E-state index in [2.05, 4.69) is 10.3 Å². The summed E-state index contributed by atoms with van der Waals surface area (Å²) in [5, 5.41) is 4.08. The molecule has 0 atom stereocenters. The topological polar surface area (TPSA) is 142 Å². The van der Waals surface area contributed by atoms with Crippen LogP contribution in [0.15, 0.2) is 10.7 Å². The van der Waals surface area contributed by atoms with Crippen LogP contribution in [0.5, 0.6) is 0 Å². The maximum absolute atomic E-state index is 12.7. The summed E-state index contributed by atoms with van der Waals surface area (Å²) in [6.45, 7) is -0.0917. The predicted octanol–water partition coefficient (Wildman–Crippen LogP) is 1.60. The van der Waals surface area contributed by atoms with E-state index < -0.39 is 26.1 Å². The van der Waals surface area contributed by atoms with Gasteiger partial charge in [0, 0.05) is 36.9 Å². The van der Waals surface area contributed by atoms with E-state index in [1.807, 2.05) is 4.72 Å². The number of anilines is 2. The van der Waals surface area contributed by atoms with Crippen molar-refractivity contribution >= 4 is 49.4 Å². The van der Waals surface area contributed by atoms with Crippen molar-refractivity contribution in [2.75, 3.05) is 37.8 Å². The van der Waals surface area contributed by atoms with E-state index in [1.54, 1.807) is 0 Å². The molecule has 190 valence electrons. The number of halogens is 1. The molecule has 3 aliphatic rings. The molecule has 1 aromatic carbocycles. The summed E-state index contributed by atoms with van der Waals surface area (Å²) in [4.78, 5) is 16.8. The standard InChI is InChI=1S/C21H26ClN5O6S2/c1-34(29,30)26-8-10-27(11-9-26)35(31,32)25-20(28)17-12-33-21(23-17)24-19-15-6-2-4-13(15)18(22)14-5-3-7-16(14)19/h12H,2-11H2,1H3,(H,23,24)(H,25,28). The Balaban J connectivity index is 1.29. The highest BCUT2D eigenvalue weighted by Crippen LogP contribution is 2.44. The minimum absolute atomic E-state index is 0.0156. The Morgan fingerprint density at radius 3 is 2.06 bits per heavy atom. The molecule has 1 aromatic heterocycles. The minimum Gasteiger partial charge on any atom is -0.431 e. The summed E-state index contributed by atoms with van der Waals surface area (Å²) in [6, 6.07) is 0.0971. The Hall–Kier alpha value is -2.19. The third-order valence-corrected chi connectivity index (χ3v) is 10.0. The van der Waals surface area contributed by atoms with Crippen LogP contribution in [0, 0.1) is 0 Å². The fourth-order valence-corrected chi connectivity index (χ4v) is 7.41. The van der Waals surface area contributed by atoms with Gasteiger partial charge in [0.15, 0.2) is 5.69 Å². The average Bonchev–Trinajstić information content (AvgIpc) is 3.56. The Labute approximate surface area is 209 Å². The lowest BCUT2D eigenvalue weighted by Crippen LogP contribution is -2.53. The van der Waals surface area contributed by atoms with Crippen molar-refractivity contribution in [2.45, 2.75) is 38.5 Å². The molecule has 0 unspecified atom stereocenters. The number of aromatic nitrogens is 1. The maximum Gasteiger partial charge on any atom is 0.304 e. The number of oxazole rings is 1. The third kappa shape index (κ3) is 4.67. The van der Waals surface area contributed by atoms with Crippen LogP contribution in [0.4, 0.5) is 11.7 Å². The first-order chi connectivity index (χ1) is 16.5. The summed E-state index contributed by atoms with van der Waals surface area (Å²) < 4.78 is 58.2. The monoisotopic (exact) mass is 543 g/mol. The molecule has 1 saturated heterocycles. The van der Waals surface area contributed by atoms with Gasteiger partial charge in [-0.05, 0) is 60.8 Å². The van der Waals surface area contributed by atoms with Gasteiger partial charge in [-0.25, -0.2) is 13.1 Å². The molecule has 0 saturated carbocycles. The van der Waals surface area contributed by atoms with Gasteiger partial charge in [-0.3, -0.25) is 4.79 Å². The summed E-state index contributed by atoms with van der Waals surface area (Å²) >= 11 is 6.66. The number of rotatable bonds is 6. The van der Waals surface area contributed by atoms with Crippen LogP contribution in [0.2, 0.25) is 5.02 Å². The fraction of sp³-hybridized carbons (Fsp3) is 0.524. The largest absolute Gasteiger partial charge is 0.431 e. The molecule has 11 nitrogen and oxygen atoms in total. The molecule has 0 bridgehead atoms. The Morgan fingerprint density at radius 1 is 0.943 bits per heavy atom. The molecule has 5 rings (SSSR count). The van der Waals surface area contributed by atoms with Crippen LogP contribution < -0.4 is 10.0 Å². The summed E-state index contributed by atoms with van der Waals surface area (Å²) in [5.41, 5.74) is 5.35. The zero-order valence-electron chi connectivity index (χ0n) is 19.1. The number of carbonyl (C=O) groups excluding carboxylic acids is 1. The third-order valence-electron chi connectivity index (χ3n) is 6.77. The van der Waals surface area contributed by atoms with Crippen molar-refractivity contribution in [1.82, 2.24) is 18.3 Å². The number of sulfonamides is 1. The van der Waals surface area contributed by atoms with Crippen LogP contribution in [0.25, 0.3) is 0 Å². The number of piperazine rings is 1. The first-order valence-electron chi connectivity index (χ1n) is 11.4. The Kier molecular flexibility index (Phi) is 6.33. The molecule has 2 aromatic rings. The summed E-state index contributed by atoms with van der Waals surface area (Å²) in [6.07, 6.45) is 7.83. The predicted molar refractivity (Wildman–Crippen MR) is 130 cm³/mol. The van der Waals surface area contributed by atoms with E-state index in [9.17, 15) is 21.6 Å². The number of carbonyl (C=O) groups is 1. The first-order valence-corrected chi connectivity index (χ1v) is 15.1.